The van der Waals surface area contributed by atoms with Crippen molar-refractivity contribution in [2.24, 2.45) is 29.6 Å². The Bertz CT molecular complexity index is 455. The molecular formula is C23H38O2. The van der Waals surface area contributed by atoms with Crippen LogP contribution < -0.4 is 0 Å². The molecule has 0 heterocycles. The Morgan fingerprint density at radius 3 is 2.00 bits per heavy atom. The minimum Gasteiger partial charge on any atom is -0.299 e. The van der Waals surface area contributed by atoms with E-state index in [1.54, 1.807) is 0 Å². The van der Waals surface area contributed by atoms with Gasteiger partial charge < -0.3 is 0 Å². The smallest absolute Gasteiger partial charge is 0.135 e. The highest BCUT2D eigenvalue weighted by Gasteiger charge is 2.34. The lowest BCUT2D eigenvalue weighted by molar-refractivity contribution is -0.126. The molecule has 0 spiro atoms. The predicted molar refractivity (Wildman–Crippen MR) is 102 cm³/mol. The standard InChI is InChI=1S/C23H38O2/c1-17-7-6-10-20(15-17)22(24)11-4-5-12-23(25)21-14-13-18-8-2-3-9-19(18)16-21/h17-21H,2-16H2,1H3. The van der Waals surface area contributed by atoms with Crippen molar-refractivity contribution >= 4 is 11.6 Å². The van der Waals surface area contributed by atoms with E-state index in [-0.39, 0.29) is 0 Å². The SMILES string of the molecule is CC1CCCC(C(=O)CCCCC(=O)C2CCC3CCCCC3C2)C1. The summed E-state index contributed by atoms with van der Waals surface area (Å²) in [6.07, 6.45) is 17.2. The maximum absolute atomic E-state index is 12.6. The Balaban J connectivity index is 1.32. The largest absolute Gasteiger partial charge is 0.299 e. The van der Waals surface area contributed by atoms with Crippen molar-refractivity contribution in [1.82, 2.24) is 0 Å². The Morgan fingerprint density at radius 1 is 0.680 bits per heavy atom. The number of rotatable bonds is 7. The molecule has 142 valence electrons. The Kier molecular flexibility index (Phi) is 7.13. The van der Waals surface area contributed by atoms with E-state index < -0.39 is 0 Å². The molecule has 5 unspecified atom stereocenters. The van der Waals surface area contributed by atoms with Gasteiger partial charge in [-0.15, -0.1) is 0 Å². The van der Waals surface area contributed by atoms with Gasteiger partial charge in [-0.05, 0) is 62.7 Å². The van der Waals surface area contributed by atoms with Gasteiger partial charge in [-0.3, -0.25) is 9.59 Å². The number of Topliss-reactive ketones (excluding diaryl/α,β-unsaturated/α-hetero) is 2. The van der Waals surface area contributed by atoms with Gasteiger partial charge in [0.25, 0.3) is 0 Å². The zero-order valence-electron chi connectivity index (χ0n) is 16.3. The number of fused-ring (bicyclic) bond motifs is 1. The molecule has 0 bridgehead atoms. The molecule has 0 aliphatic heterocycles. The highest BCUT2D eigenvalue weighted by molar-refractivity contribution is 5.82. The first kappa shape index (κ1) is 19.1. The van der Waals surface area contributed by atoms with Crippen molar-refractivity contribution < 1.29 is 9.59 Å². The summed E-state index contributed by atoms with van der Waals surface area (Å²) in [5.74, 6) is 4.12. The maximum atomic E-state index is 12.6. The van der Waals surface area contributed by atoms with E-state index >= 15 is 0 Å². The van der Waals surface area contributed by atoms with Crippen molar-refractivity contribution in [3.63, 3.8) is 0 Å². The third-order valence-electron chi connectivity index (χ3n) is 7.48. The summed E-state index contributed by atoms with van der Waals surface area (Å²) < 4.78 is 0. The summed E-state index contributed by atoms with van der Waals surface area (Å²) in [7, 11) is 0. The summed E-state index contributed by atoms with van der Waals surface area (Å²) in [6.45, 7) is 2.28. The second kappa shape index (κ2) is 9.33. The van der Waals surface area contributed by atoms with Gasteiger partial charge in [-0.1, -0.05) is 45.4 Å². The minimum absolute atomic E-state index is 0.320. The van der Waals surface area contributed by atoms with Crippen LogP contribution in [0.5, 0.6) is 0 Å². The molecule has 25 heavy (non-hydrogen) atoms. The van der Waals surface area contributed by atoms with Crippen LogP contribution in [0.3, 0.4) is 0 Å². The quantitative estimate of drug-likeness (QED) is 0.521. The van der Waals surface area contributed by atoms with Crippen LogP contribution in [0, 0.1) is 29.6 Å². The van der Waals surface area contributed by atoms with E-state index in [2.05, 4.69) is 6.92 Å². The first-order valence-electron chi connectivity index (χ1n) is 11.2. The Labute approximate surface area is 154 Å². The summed E-state index contributed by atoms with van der Waals surface area (Å²) in [5, 5.41) is 0. The Hall–Kier alpha value is -0.660. The first-order valence-corrected chi connectivity index (χ1v) is 11.2. The molecule has 0 saturated heterocycles. The van der Waals surface area contributed by atoms with Crippen LogP contribution in [-0.4, -0.2) is 11.6 Å². The summed E-state index contributed by atoms with van der Waals surface area (Å²) in [5.41, 5.74) is 0. The second-order valence-electron chi connectivity index (χ2n) is 9.42. The third kappa shape index (κ3) is 5.41. The molecule has 3 fully saturated rings. The van der Waals surface area contributed by atoms with Crippen LogP contribution in [0.25, 0.3) is 0 Å². The molecule has 3 aliphatic carbocycles. The van der Waals surface area contributed by atoms with Gasteiger partial charge >= 0.3 is 0 Å². The van der Waals surface area contributed by atoms with Gasteiger partial charge in [0.2, 0.25) is 0 Å². The lowest BCUT2D eigenvalue weighted by Crippen LogP contribution is -2.31. The maximum Gasteiger partial charge on any atom is 0.135 e. The van der Waals surface area contributed by atoms with E-state index in [9.17, 15) is 9.59 Å². The highest BCUT2D eigenvalue weighted by Crippen LogP contribution is 2.43. The average Bonchev–Trinajstić information content (AvgIpc) is 2.64. The van der Waals surface area contributed by atoms with Crippen LogP contribution in [0.2, 0.25) is 0 Å². The molecule has 3 saturated carbocycles. The third-order valence-corrected chi connectivity index (χ3v) is 7.48. The molecule has 2 heteroatoms. The van der Waals surface area contributed by atoms with Gasteiger partial charge in [-0.2, -0.15) is 0 Å². The lowest BCUT2D eigenvalue weighted by atomic mass is 9.66. The number of ketones is 2. The van der Waals surface area contributed by atoms with Crippen LogP contribution in [0.4, 0.5) is 0 Å². The van der Waals surface area contributed by atoms with Gasteiger partial charge in [-0.25, -0.2) is 0 Å². The van der Waals surface area contributed by atoms with Gasteiger partial charge in [0.05, 0.1) is 0 Å². The van der Waals surface area contributed by atoms with Crippen molar-refractivity contribution in [2.45, 2.75) is 103 Å². The number of hydrogen-bond acceptors (Lipinski definition) is 2. The zero-order valence-corrected chi connectivity index (χ0v) is 16.3. The minimum atomic E-state index is 0.320. The topological polar surface area (TPSA) is 34.1 Å². The number of hydrogen-bond donors (Lipinski definition) is 0. The van der Waals surface area contributed by atoms with Crippen LogP contribution in [-0.2, 0) is 9.59 Å². The second-order valence-corrected chi connectivity index (χ2v) is 9.42. The van der Waals surface area contributed by atoms with Gasteiger partial charge in [0, 0.05) is 24.7 Å². The molecule has 0 aromatic heterocycles. The fourth-order valence-corrected chi connectivity index (χ4v) is 5.90. The zero-order chi connectivity index (χ0) is 17.6. The van der Waals surface area contributed by atoms with Crippen LogP contribution in [0.15, 0.2) is 0 Å². The molecule has 0 radical (unpaired) electrons. The number of carbonyl (C=O) groups excluding carboxylic acids is 2. The predicted octanol–water partition coefficient (Wildman–Crippen LogP) is 6.12. The van der Waals surface area contributed by atoms with E-state index in [1.165, 1.54) is 51.4 Å². The van der Waals surface area contributed by atoms with E-state index in [0.29, 0.717) is 29.8 Å². The highest BCUT2D eigenvalue weighted by atomic mass is 16.1. The molecule has 0 amide bonds. The van der Waals surface area contributed by atoms with E-state index in [1.807, 2.05) is 0 Å². The molecule has 3 rings (SSSR count). The van der Waals surface area contributed by atoms with Crippen molar-refractivity contribution in [1.29, 1.82) is 0 Å². The molecule has 0 N–H and O–H groups in total. The van der Waals surface area contributed by atoms with E-state index in [4.69, 9.17) is 0 Å². The summed E-state index contributed by atoms with van der Waals surface area (Å²) in [4.78, 5) is 24.9. The van der Waals surface area contributed by atoms with Crippen LogP contribution >= 0.6 is 0 Å². The fourth-order valence-electron chi connectivity index (χ4n) is 5.90. The van der Waals surface area contributed by atoms with Gasteiger partial charge in [0.1, 0.15) is 11.6 Å². The monoisotopic (exact) mass is 346 g/mol. The average molecular weight is 347 g/mol. The number of unbranched alkanes of at least 4 members (excludes halogenated alkanes) is 1. The van der Waals surface area contributed by atoms with Crippen molar-refractivity contribution in [3.8, 4) is 0 Å². The Morgan fingerprint density at radius 2 is 1.32 bits per heavy atom. The molecular weight excluding hydrogens is 308 g/mol. The van der Waals surface area contributed by atoms with Gasteiger partial charge in [0.15, 0.2) is 0 Å². The first-order chi connectivity index (χ1) is 12.1. The molecule has 3 aliphatic rings. The fraction of sp³-hybridized carbons (Fsp3) is 0.913. The lowest BCUT2D eigenvalue weighted by Gasteiger charge is -2.38. The summed E-state index contributed by atoms with van der Waals surface area (Å²) in [6, 6.07) is 0. The number of carbonyl (C=O) groups is 2. The van der Waals surface area contributed by atoms with E-state index in [0.717, 1.165) is 56.3 Å². The molecule has 0 aromatic rings. The molecule has 0 aromatic carbocycles. The van der Waals surface area contributed by atoms with Crippen LogP contribution in [0.1, 0.15) is 103 Å². The normalized spacial score (nSPS) is 35.8. The molecule has 5 atom stereocenters. The van der Waals surface area contributed by atoms with Crippen molar-refractivity contribution in [3.05, 3.63) is 0 Å². The van der Waals surface area contributed by atoms with Crippen molar-refractivity contribution in [2.75, 3.05) is 0 Å². The molecule has 2 nitrogen and oxygen atoms in total. The summed E-state index contributed by atoms with van der Waals surface area (Å²) >= 11 is 0.